The van der Waals surface area contributed by atoms with E-state index in [0.717, 1.165) is 33.4 Å². The van der Waals surface area contributed by atoms with Crippen LogP contribution in [-0.4, -0.2) is 92.7 Å². The number of piperidine rings is 1. The van der Waals surface area contributed by atoms with Crippen molar-refractivity contribution in [3.63, 3.8) is 0 Å². The fourth-order valence-electron chi connectivity index (χ4n) is 6.31. The molecule has 0 aliphatic carbocycles. The fourth-order valence-corrected chi connectivity index (χ4v) is 6.31. The third-order valence-electron chi connectivity index (χ3n) is 8.61. The smallest absolute Gasteiger partial charge is 0.252 e. The third kappa shape index (κ3) is 6.34. The Bertz CT molecular complexity index is 1790. The number of anilines is 1. The van der Waals surface area contributed by atoms with Gasteiger partial charge >= 0.3 is 0 Å². The summed E-state index contributed by atoms with van der Waals surface area (Å²) in [4.78, 5) is 22.7. The van der Waals surface area contributed by atoms with E-state index in [-0.39, 0.29) is 12.5 Å². The number of likely N-dealkylation sites (N-methyl/N-ethyl adjacent to an activating group) is 1. The van der Waals surface area contributed by atoms with Gasteiger partial charge in [0.15, 0.2) is 5.65 Å². The van der Waals surface area contributed by atoms with Crippen LogP contribution in [0.15, 0.2) is 55.0 Å². The zero-order chi connectivity index (χ0) is 31.6. The predicted molar refractivity (Wildman–Crippen MR) is 171 cm³/mol. The molecule has 0 radical (unpaired) electrons. The van der Waals surface area contributed by atoms with Crippen LogP contribution in [0.5, 0.6) is 5.75 Å². The minimum Gasteiger partial charge on any atom is -0.492 e. The lowest BCUT2D eigenvalue weighted by Crippen LogP contribution is -2.60. The first-order chi connectivity index (χ1) is 21.8. The van der Waals surface area contributed by atoms with E-state index in [2.05, 4.69) is 36.5 Å². The maximum Gasteiger partial charge on any atom is 0.252 e. The van der Waals surface area contributed by atoms with E-state index in [1.807, 2.05) is 49.9 Å². The number of aliphatic hydroxyl groups is 1. The monoisotopic (exact) mass is 614 g/mol. The van der Waals surface area contributed by atoms with E-state index in [1.165, 1.54) is 12.1 Å². The van der Waals surface area contributed by atoms with Crippen LogP contribution in [0.3, 0.4) is 0 Å². The molecule has 0 unspecified atom stereocenters. The normalized spacial score (nSPS) is 14.8. The molecule has 1 aliphatic heterocycles. The van der Waals surface area contributed by atoms with Gasteiger partial charge in [0, 0.05) is 55.7 Å². The first-order valence-corrected chi connectivity index (χ1v) is 15.4. The summed E-state index contributed by atoms with van der Waals surface area (Å²) in [5.41, 5.74) is 4.07. The van der Waals surface area contributed by atoms with Gasteiger partial charge in [0.1, 0.15) is 17.4 Å². The molecule has 6 rings (SSSR count). The van der Waals surface area contributed by atoms with Crippen molar-refractivity contribution in [2.24, 2.45) is 0 Å². The van der Waals surface area contributed by atoms with Crippen molar-refractivity contribution >= 4 is 28.3 Å². The van der Waals surface area contributed by atoms with E-state index in [4.69, 9.17) is 9.72 Å². The van der Waals surface area contributed by atoms with Gasteiger partial charge in [0.2, 0.25) is 0 Å². The molecule has 4 aromatic heterocycles. The van der Waals surface area contributed by atoms with Crippen molar-refractivity contribution in [2.75, 3.05) is 51.3 Å². The largest absolute Gasteiger partial charge is 0.492 e. The molecule has 0 spiro atoms. The van der Waals surface area contributed by atoms with E-state index in [0.29, 0.717) is 69.0 Å². The summed E-state index contributed by atoms with van der Waals surface area (Å²) in [6.07, 6.45) is 7.54. The molecule has 0 saturated carbocycles. The molecule has 1 fully saturated rings. The molecule has 1 aromatic carbocycles. The lowest BCUT2D eigenvalue weighted by atomic mass is 9.86. The number of hydrogen-bond donors (Lipinski definition) is 3. The van der Waals surface area contributed by atoms with Crippen molar-refractivity contribution in [3.05, 3.63) is 71.9 Å². The molecule has 1 aliphatic rings. The molecule has 5 aromatic rings. The molecule has 1 amide bonds. The van der Waals surface area contributed by atoms with Crippen LogP contribution < -0.4 is 15.0 Å². The van der Waals surface area contributed by atoms with Gasteiger partial charge in [-0.05, 0) is 76.1 Å². The topological polar surface area (TPSA) is 124 Å². The van der Waals surface area contributed by atoms with E-state index >= 15 is 0 Å². The molecule has 0 bridgehead atoms. The number of H-pyrrole nitrogens is 1. The highest BCUT2D eigenvalue weighted by molar-refractivity contribution is 6.01. The molecule has 236 valence electrons. The number of ether oxygens (including phenoxy) is 1. The van der Waals surface area contributed by atoms with Gasteiger partial charge in [-0.2, -0.15) is 5.10 Å². The number of aryl methyl sites for hydroxylation is 1. The second kappa shape index (κ2) is 12.8. The standard InChI is InChI=1S/C33H39FN8O3/c1-4-45-25-17-27(30-28-19-36-38-31(28)39-42(30)20-25)23-7-9-29(35-18-23)41-13-10-33(11-14-41,21-40(3)12-5-15-43)37-32(44)26-16-24(34)8-6-22(26)2/h6-9,16-20,43H,4-5,10-15,21H2,1-3H3,(H,37,44)(H,38,39). The number of aromatic amines is 1. The van der Waals surface area contributed by atoms with Crippen LogP contribution in [0.1, 0.15) is 42.1 Å². The number of carbonyl (C=O) groups is 1. The summed E-state index contributed by atoms with van der Waals surface area (Å²) in [6, 6.07) is 10.4. The highest BCUT2D eigenvalue weighted by atomic mass is 19.1. The van der Waals surface area contributed by atoms with Gasteiger partial charge in [-0.3, -0.25) is 9.89 Å². The fraction of sp³-hybridized carbons (Fsp3) is 0.394. The summed E-state index contributed by atoms with van der Waals surface area (Å²) in [6.45, 7) is 7.11. The Morgan fingerprint density at radius 1 is 1.20 bits per heavy atom. The van der Waals surface area contributed by atoms with Gasteiger partial charge in [0.05, 0.1) is 35.4 Å². The van der Waals surface area contributed by atoms with Crippen molar-refractivity contribution in [1.82, 2.24) is 35.0 Å². The summed E-state index contributed by atoms with van der Waals surface area (Å²) in [5.74, 6) is 0.865. The number of carbonyl (C=O) groups excluding carboxylic acids is 1. The number of halogens is 1. The van der Waals surface area contributed by atoms with Crippen LogP contribution >= 0.6 is 0 Å². The first-order valence-electron chi connectivity index (χ1n) is 15.4. The molecule has 5 heterocycles. The molecule has 1 saturated heterocycles. The Hall–Kier alpha value is -4.55. The Kier molecular flexibility index (Phi) is 8.68. The molecular weight excluding hydrogens is 575 g/mol. The second-order valence-electron chi connectivity index (χ2n) is 11.8. The number of hydrogen-bond acceptors (Lipinski definition) is 8. The Morgan fingerprint density at radius 2 is 2.02 bits per heavy atom. The van der Waals surface area contributed by atoms with Crippen LogP contribution in [0, 0.1) is 12.7 Å². The molecule has 11 nitrogen and oxygen atoms in total. The quantitative estimate of drug-likeness (QED) is 0.202. The molecule has 45 heavy (non-hydrogen) atoms. The number of nitrogens with one attached hydrogen (secondary N) is 2. The average Bonchev–Trinajstić information content (AvgIpc) is 3.63. The van der Waals surface area contributed by atoms with Gasteiger partial charge in [-0.1, -0.05) is 6.07 Å². The first kappa shape index (κ1) is 30.5. The predicted octanol–water partition coefficient (Wildman–Crippen LogP) is 4.20. The zero-order valence-electron chi connectivity index (χ0n) is 25.9. The van der Waals surface area contributed by atoms with Crippen molar-refractivity contribution in [1.29, 1.82) is 0 Å². The van der Waals surface area contributed by atoms with Crippen LogP contribution in [-0.2, 0) is 0 Å². The van der Waals surface area contributed by atoms with Crippen LogP contribution in [0.4, 0.5) is 10.2 Å². The van der Waals surface area contributed by atoms with Gasteiger partial charge in [-0.25, -0.2) is 13.9 Å². The molecular formula is C33H39FN8O3. The van der Waals surface area contributed by atoms with E-state index < -0.39 is 11.4 Å². The lowest BCUT2D eigenvalue weighted by molar-refractivity contribution is 0.0836. The maximum absolute atomic E-state index is 14.0. The lowest BCUT2D eigenvalue weighted by Gasteiger charge is -2.44. The minimum absolute atomic E-state index is 0.108. The van der Waals surface area contributed by atoms with Gasteiger partial charge < -0.3 is 25.0 Å². The van der Waals surface area contributed by atoms with Crippen LogP contribution in [0.2, 0.25) is 0 Å². The summed E-state index contributed by atoms with van der Waals surface area (Å²) < 4.78 is 21.7. The van der Waals surface area contributed by atoms with E-state index in [9.17, 15) is 14.3 Å². The minimum atomic E-state index is -0.514. The summed E-state index contributed by atoms with van der Waals surface area (Å²) in [7, 11) is 2.00. The third-order valence-corrected chi connectivity index (χ3v) is 8.61. The van der Waals surface area contributed by atoms with Crippen molar-refractivity contribution in [2.45, 2.75) is 38.6 Å². The van der Waals surface area contributed by atoms with Crippen molar-refractivity contribution in [3.8, 4) is 16.9 Å². The number of aromatic nitrogens is 5. The number of pyridine rings is 2. The SMILES string of the molecule is CCOc1cc(-c2ccc(N3CCC(CN(C)CCCO)(NC(=O)c4cc(F)ccc4C)CC3)nc2)c2c3cn[nH]c3nn2c1. The number of rotatable bonds is 11. The Labute approximate surface area is 261 Å². The highest BCUT2D eigenvalue weighted by Gasteiger charge is 2.38. The molecule has 0 atom stereocenters. The summed E-state index contributed by atoms with van der Waals surface area (Å²) >= 11 is 0. The molecule has 3 N–H and O–H groups in total. The Morgan fingerprint density at radius 3 is 2.76 bits per heavy atom. The number of nitrogens with zero attached hydrogens (tertiary/aromatic N) is 6. The second-order valence-corrected chi connectivity index (χ2v) is 11.8. The zero-order valence-corrected chi connectivity index (χ0v) is 25.9. The van der Waals surface area contributed by atoms with Gasteiger partial charge in [0.25, 0.3) is 5.91 Å². The highest BCUT2D eigenvalue weighted by Crippen LogP contribution is 2.34. The van der Waals surface area contributed by atoms with Crippen LogP contribution in [0.25, 0.3) is 27.7 Å². The number of amides is 1. The number of benzene rings is 1. The van der Waals surface area contributed by atoms with E-state index in [1.54, 1.807) is 12.3 Å². The van der Waals surface area contributed by atoms with Crippen molar-refractivity contribution < 1.29 is 19.0 Å². The van der Waals surface area contributed by atoms with Gasteiger partial charge in [-0.15, -0.1) is 5.10 Å². The maximum atomic E-state index is 14.0. The summed E-state index contributed by atoms with van der Waals surface area (Å²) in [5, 5.41) is 25.3. The number of aliphatic hydroxyl groups excluding tert-OH is 1. The number of fused-ring (bicyclic) bond motifs is 3. The molecule has 12 heteroatoms. The Balaban J connectivity index is 1.22. The average molecular weight is 615 g/mol.